The molecule has 1 aromatic heterocycles. The van der Waals surface area contributed by atoms with Crippen molar-refractivity contribution in [1.82, 2.24) is 14.9 Å². The van der Waals surface area contributed by atoms with Crippen molar-refractivity contribution in [3.8, 4) is 0 Å². The Morgan fingerprint density at radius 2 is 2.00 bits per heavy atom. The second kappa shape index (κ2) is 5.92. The van der Waals surface area contributed by atoms with Gasteiger partial charge in [-0.25, -0.2) is 14.8 Å². The van der Waals surface area contributed by atoms with Crippen molar-refractivity contribution in [1.29, 1.82) is 0 Å². The molecule has 0 saturated carbocycles. The molecule has 2 aliphatic rings. The molecule has 6 nitrogen and oxygen atoms in total. The second-order valence-electron chi connectivity index (χ2n) is 7.06. The summed E-state index contributed by atoms with van der Waals surface area (Å²) in [4.78, 5) is 22.8. The molecule has 3 heterocycles. The lowest BCUT2D eigenvalue weighted by Gasteiger charge is -2.44. The van der Waals surface area contributed by atoms with Gasteiger partial charge in [-0.15, -0.1) is 0 Å². The summed E-state index contributed by atoms with van der Waals surface area (Å²) in [6, 6.07) is -0.112. The molecule has 0 N–H and O–H groups in total. The van der Waals surface area contributed by atoms with E-state index in [0.717, 1.165) is 17.8 Å². The van der Waals surface area contributed by atoms with Gasteiger partial charge in [-0.1, -0.05) is 6.08 Å². The first-order valence-corrected chi connectivity index (χ1v) is 7.92. The number of morpholine rings is 1. The normalized spacial score (nSPS) is 24.2. The summed E-state index contributed by atoms with van der Waals surface area (Å²) in [5.74, 6) is 0.754. The molecular weight excluding hydrogens is 294 g/mol. The largest absolute Gasteiger partial charge is 0.444 e. The Kier molecular flexibility index (Phi) is 4.10. The fraction of sp³-hybridized carbons (Fsp3) is 0.588. The molecule has 2 bridgehead atoms. The summed E-state index contributed by atoms with van der Waals surface area (Å²) in [6.07, 6.45) is 6.21. The van der Waals surface area contributed by atoms with Crippen LogP contribution in [0, 0.1) is 6.92 Å². The molecule has 3 rings (SSSR count). The highest BCUT2D eigenvalue weighted by Crippen LogP contribution is 2.33. The standard InChI is InChI=1S/C17H23N3O3/c1-11-18-7-13(8-19-11)12-5-14-9-22-10-15(6-12)20(14)16(21)23-17(2,3)4/h5,7-8,14-15H,6,9-10H2,1-4H3. The predicted octanol–water partition coefficient (Wildman–Crippen LogP) is 2.58. The summed E-state index contributed by atoms with van der Waals surface area (Å²) in [7, 11) is 0. The van der Waals surface area contributed by atoms with E-state index >= 15 is 0 Å². The number of carbonyl (C=O) groups is 1. The van der Waals surface area contributed by atoms with Crippen LogP contribution in [-0.2, 0) is 9.47 Å². The fourth-order valence-corrected chi connectivity index (χ4v) is 2.97. The van der Waals surface area contributed by atoms with Crippen LogP contribution in [0.25, 0.3) is 5.57 Å². The van der Waals surface area contributed by atoms with Crippen molar-refractivity contribution < 1.29 is 14.3 Å². The first-order valence-electron chi connectivity index (χ1n) is 7.92. The van der Waals surface area contributed by atoms with Crippen LogP contribution in [0.15, 0.2) is 18.5 Å². The van der Waals surface area contributed by atoms with Gasteiger partial charge in [0.05, 0.1) is 25.3 Å². The van der Waals surface area contributed by atoms with Gasteiger partial charge in [-0.05, 0) is 39.7 Å². The molecule has 1 saturated heterocycles. The number of hydrogen-bond acceptors (Lipinski definition) is 5. The lowest BCUT2D eigenvalue weighted by Crippen LogP contribution is -2.57. The van der Waals surface area contributed by atoms with Gasteiger partial charge in [0.15, 0.2) is 0 Å². The average molecular weight is 317 g/mol. The molecule has 0 aliphatic carbocycles. The van der Waals surface area contributed by atoms with Crippen molar-refractivity contribution in [2.45, 2.75) is 51.8 Å². The molecule has 1 amide bonds. The molecular formula is C17H23N3O3. The number of carbonyl (C=O) groups excluding carboxylic acids is 1. The van der Waals surface area contributed by atoms with Gasteiger partial charge in [-0.3, -0.25) is 4.90 Å². The van der Waals surface area contributed by atoms with E-state index < -0.39 is 5.60 Å². The smallest absolute Gasteiger partial charge is 0.411 e. The van der Waals surface area contributed by atoms with Crippen molar-refractivity contribution in [2.75, 3.05) is 13.2 Å². The van der Waals surface area contributed by atoms with E-state index in [1.54, 1.807) is 0 Å². The number of aryl methyl sites for hydroxylation is 1. The number of aromatic nitrogens is 2. The third-order valence-corrected chi connectivity index (χ3v) is 3.95. The molecule has 1 aromatic rings. The lowest BCUT2D eigenvalue weighted by atomic mass is 9.91. The van der Waals surface area contributed by atoms with Crippen LogP contribution < -0.4 is 0 Å². The summed E-state index contributed by atoms with van der Waals surface area (Å²) in [5.41, 5.74) is 1.68. The number of ether oxygens (including phenoxy) is 2. The third-order valence-electron chi connectivity index (χ3n) is 3.95. The minimum Gasteiger partial charge on any atom is -0.444 e. The van der Waals surface area contributed by atoms with E-state index in [1.807, 2.05) is 45.0 Å². The molecule has 2 aliphatic heterocycles. The maximum Gasteiger partial charge on any atom is 0.411 e. The van der Waals surface area contributed by atoms with E-state index in [2.05, 4.69) is 16.0 Å². The molecule has 0 radical (unpaired) electrons. The van der Waals surface area contributed by atoms with E-state index in [0.29, 0.717) is 13.2 Å². The monoisotopic (exact) mass is 317 g/mol. The predicted molar refractivity (Wildman–Crippen MR) is 85.8 cm³/mol. The van der Waals surface area contributed by atoms with Crippen LogP contribution in [-0.4, -0.2) is 51.9 Å². The number of rotatable bonds is 1. The van der Waals surface area contributed by atoms with Crippen LogP contribution in [0.4, 0.5) is 4.79 Å². The average Bonchev–Trinajstić information content (AvgIpc) is 2.44. The van der Waals surface area contributed by atoms with Gasteiger partial charge in [0.25, 0.3) is 0 Å². The minimum absolute atomic E-state index is 0.00935. The van der Waals surface area contributed by atoms with Gasteiger partial charge >= 0.3 is 6.09 Å². The zero-order valence-electron chi connectivity index (χ0n) is 14.1. The Labute approximate surface area is 136 Å². The van der Waals surface area contributed by atoms with E-state index in [1.165, 1.54) is 5.57 Å². The summed E-state index contributed by atoms with van der Waals surface area (Å²) >= 11 is 0. The zero-order chi connectivity index (χ0) is 16.6. The molecule has 2 unspecified atom stereocenters. The van der Waals surface area contributed by atoms with Crippen molar-refractivity contribution in [3.05, 3.63) is 29.9 Å². The SMILES string of the molecule is Cc1ncc(C2=CC3COCC(C2)N3C(=O)OC(C)(C)C)cn1. The molecule has 124 valence electrons. The molecule has 23 heavy (non-hydrogen) atoms. The van der Waals surface area contributed by atoms with Gasteiger partial charge in [0, 0.05) is 18.0 Å². The van der Waals surface area contributed by atoms with Gasteiger partial charge in [0.1, 0.15) is 11.4 Å². The minimum atomic E-state index is -0.499. The first-order chi connectivity index (χ1) is 10.8. The Morgan fingerprint density at radius 3 is 2.61 bits per heavy atom. The topological polar surface area (TPSA) is 64.5 Å². The summed E-state index contributed by atoms with van der Waals surface area (Å²) in [5, 5.41) is 0. The van der Waals surface area contributed by atoms with Crippen LogP contribution in [0.2, 0.25) is 0 Å². The van der Waals surface area contributed by atoms with Crippen molar-refractivity contribution in [3.63, 3.8) is 0 Å². The molecule has 2 atom stereocenters. The van der Waals surface area contributed by atoms with E-state index in [9.17, 15) is 4.79 Å². The highest BCUT2D eigenvalue weighted by atomic mass is 16.6. The highest BCUT2D eigenvalue weighted by Gasteiger charge is 2.40. The first kappa shape index (κ1) is 15.9. The zero-order valence-corrected chi connectivity index (χ0v) is 14.1. The van der Waals surface area contributed by atoms with Crippen molar-refractivity contribution >= 4 is 11.7 Å². The number of hydrogen-bond donors (Lipinski definition) is 0. The summed E-state index contributed by atoms with van der Waals surface area (Å²) in [6.45, 7) is 8.53. The van der Waals surface area contributed by atoms with E-state index in [4.69, 9.17) is 9.47 Å². The van der Waals surface area contributed by atoms with Crippen LogP contribution in [0.1, 0.15) is 38.6 Å². The molecule has 6 heteroatoms. The second-order valence-corrected chi connectivity index (χ2v) is 7.06. The Bertz CT molecular complexity index is 619. The van der Waals surface area contributed by atoms with Gasteiger partial charge in [0.2, 0.25) is 0 Å². The van der Waals surface area contributed by atoms with E-state index in [-0.39, 0.29) is 18.2 Å². The molecule has 0 spiro atoms. The Hall–Kier alpha value is -1.95. The van der Waals surface area contributed by atoms with Gasteiger partial charge < -0.3 is 9.47 Å². The third kappa shape index (κ3) is 3.52. The lowest BCUT2D eigenvalue weighted by molar-refractivity contribution is -0.0510. The number of fused-ring (bicyclic) bond motifs is 2. The van der Waals surface area contributed by atoms with Crippen LogP contribution in [0.3, 0.4) is 0 Å². The Balaban J connectivity index is 1.84. The molecule has 1 fully saturated rings. The van der Waals surface area contributed by atoms with Gasteiger partial charge in [-0.2, -0.15) is 0 Å². The fourth-order valence-electron chi connectivity index (χ4n) is 2.97. The maximum atomic E-state index is 12.5. The number of amides is 1. The quantitative estimate of drug-likeness (QED) is 0.796. The summed E-state index contributed by atoms with van der Waals surface area (Å²) < 4.78 is 11.2. The van der Waals surface area contributed by atoms with Crippen LogP contribution in [0.5, 0.6) is 0 Å². The number of nitrogens with zero attached hydrogens (tertiary/aromatic N) is 3. The maximum absolute atomic E-state index is 12.5. The Morgan fingerprint density at radius 1 is 1.30 bits per heavy atom. The molecule has 0 aromatic carbocycles. The van der Waals surface area contributed by atoms with Crippen LogP contribution >= 0.6 is 0 Å². The highest BCUT2D eigenvalue weighted by molar-refractivity contribution is 5.74. The van der Waals surface area contributed by atoms with Crippen molar-refractivity contribution in [2.24, 2.45) is 0 Å².